The smallest absolute Gasteiger partial charge is 0.282 e. The number of nitro benzene ring substituents is 1. The van der Waals surface area contributed by atoms with Crippen molar-refractivity contribution < 1.29 is 9.72 Å². The van der Waals surface area contributed by atoms with Crippen LogP contribution in [0.1, 0.15) is 41.6 Å². The van der Waals surface area contributed by atoms with Gasteiger partial charge in [0.1, 0.15) is 5.56 Å². The fourth-order valence-electron chi connectivity index (χ4n) is 3.77. The van der Waals surface area contributed by atoms with Gasteiger partial charge in [-0.05, 0) is 56.7 Å². The van der Waals surface area contributed by atoms with E-state index in [0.29, 0.717) is 25.0 Å². The van der Waals surface area contributed by atoms with Crippen LogP contribution in [0.25, 0.3) is 0 Å². The monoisotopic (exact) mass is 317 g/mol. The molecule has 0 aromatic heterocycles. The zero-order chi connectivity index (χ0) is 16.4. The lowest BCUT2D eigenvalue weighted by Gasteiger charge is -2.34. The molecule has 0 saturated carbocycles. The Morgan fingerprint density at radius 2 is 2.04 bits per heavy atom. The van der Waals surface area contributed by atoms with Crippen LogP contribution in [0.2, 0.25) is 0 Å². The van der Waals surface area contributed by atoms with E-state index in [-0.39, 0.29) is 17.2 Å². The molecule has 2 aliphatic heterocycles. The van der Waals surface area contributed by atoms with Gasteiger partial charge in [0, 0.05) is 25.2 Å². The van der Waals surface area contributed by atoms with Gasteiger partial charge in [-0.2, -0.15) is 0 Å². The van der Waals surface area contributed by atoms with E-state index in [1.165, 1.54) is 18.9 Å². The van der Waals surface area contributed by atoms with Crippen LogP contribution in [0.4, 0.5) is 5.69 Å². The van der Waals surface area contributed by atoms with E-state index in [4.69, 9.17) is 0 Å². The van der Waals surface area contributed by atoms with Crippen LogP contribution < -0.4 is 5.32 Å². The zero-order valence-corrected chi connectivity index (χ0v) is 13.5. The number of carbonyl (C=O) groups is 1. The second-order valence-electron chi connectivity index (χ2n) is 6.61. The summed E-state index contributed by atoms with van der Waals surface area (Å²) in [6, 6.07) is 5.32. The topological polar surface area (TPSA) is 75.5 Å². The number of amides is 1. The van der Waals surface area contributed by atoms with Crippen molar-refractivity contribution >= 4 is 11.6 Å². The number of carbonyl (C=O) groups excluding carboxylic acids is 1. The highest BCUT2D eigenvalue weighted by Crippen LogP contribution is 2.28. The highest BCUT2D eigenvalue weighted by Gasteiger charge is 2.32. The Morgan fingerprint density at radius 1 is 1.30 bits per heavy atom. The zero-order valence-electron chi connectivity index (χ0n) is 13.5. The number of nitro groups is 1. The molecule has 6 heteroatoms. The van der Waals surface area contributed by atoms with Crippen LogP contribution >= 0.6 is 0 Å². The molecule has 1 aromatic carbocycles. The maximum atomic E-state index is 12.7. The molecule has 1 aromatic rings. The first-order valence-corrected chi connectivity index (χ1v) is 8.34. The van der Waals surface area contributed by atoms with Crippen LogP contribution in [-0.4, -0.2) is 41.4 Å². The predicted molar refractivity (Wildman–Crippen MR) is 87.5 cm³/mol. The molecule has 0 aliphatic carbocycles. The summed E-state index contributed by atoms with van der Waals surface area (Å²) in [5.74, 6) is 0.410. The number of nitrogens with zero attached hydrogens (tertiary/aromatic N) is 2. The van der Waals surface area contributed by atoms with Crippen LogP contribution in [0.3, 0.4) is 0 Å². The third-order valence-corrected chi connectivity index (χ3v) is 5.07. The molecule has 2 fully saturated rings. The highest BCUT2D eigenvalue weighted by molar-refractivity contribution is 5.98. The Bertz CT molecular complexity index is 603. The molecule has 23 heavy (non-hydrogen) atoms. The summed E-state index contributed by atoms with van der Waals surface area (Å²) in [6.45, 7) is 4.32. The number of likely N-dealkylation sites (tertiary alicyclic amines) is 1. The third-order valence-electron chi connectivity index (χ3n) is 5.07. The molecular weight excluding hydrogens is 294 g/mol. The van der Waals surface area contributed by atoms with Gasteiger partial charge in [0.2, 0.25) is 0 Å². The summed E-state index contributed by atoms with van der Waals surface area (Å²) in [4.78, 5) is 25.2. The van der Waals surface area contributed by atoms with Crippen molar-refractivity contribution in [2.24, 2.45) is 5.92 Å². The first-order chi connectivity index (χ1) is 11.1. The van der Waals surface area contributed by atoms with Gasteiger partial charge < -0.3 is 10.2 Å². The average molecular weight is 317 g/mol. The van der Waals surface area contributed by atoms with Gasteiger partial charge in [-0.25, -0.2) is 0 Å². The summed E-state index contributed by atoms with van der Waals surface area (Å²) in [6.07, 6.45) is 4.41. The van der Waals surface area contributed by atoms with Crippen LogP contribution in [0, 0.1) is 23.0 Å². The summed E-state index contributed by atoms with van der Waals surface area (Å²) < 4.78 is 0. The molecule has 124 valence electrons. The van der Waals surface area contributed by atoms with E-state index in [2.05, 4.69) is 5.32 Å². The first kappa shape index (κ1) is 15.9. The number of aryl methyl sites for hydroxylation is 1. The fourth-order valence-corrected chi connectivity index (χ4v) is 3.77. The number of piperidine rings is 1. The normalized spacial score (nSPS) is 22.3. The van der Waals surface area contributed by atoms with Crippen LogP contribution in [0.15, 0.2) is 18.2 Å². The Labute approximate surface area is 136 Å². The van der Waals surface area contributed by atoms with Crippen molar-refractivity contribution in [1.82, 2.24) is 10.2 Å². The lowest BCUT2D eigenvalue weighted by Crippen LogP contribution is -2.43. The van der Waals surface area contributed by atoms with Crippen LogP contribution in [0.5, 0.6) is 0 Å². The summed E-state index contributed by atoms with van der Waals surface area (Å²) in [5, 5.41) is 14.7. The minimum absolute atomic E-state index is 0.0971. The van der Waals surface area contributed by atoms with E-state index >= 15 is 0 Å². The second-order valence-corrected chi connectivity index (χ2v) is 6.61. The number of hydrogen-bond acceptors (Lipinski definition) is 4. The molecule has 1 N–H and O–H groups in total. The largest absolute Gasteiger partial charge is 0.338 e. The number of rotatable bonds is 3. The van der Waals surface area contributed by atoms with Gasteiger partial charge in [-0.15, -0.1) is 0 Å². The SMILES string of the molecule is Cc1ccc([N+](=O)[O-])c(C(=O)N2CCC(C3CCCN3)CC2)c1. The maximum Gasteiger partial charge on any atom is 0.282 e. The Kier molecular flexibility index (Phi) is 4.61. The van der Waals surface area contributed by atoms with Crippen molar-refractivity contribution in [2.75, 3.05) is 19.6 Å². The van der Waals surface area contributed by atoms with Crippen molar-refractivity contribution in [3.05, 3.63) is 39.4 Å². The van der Waals surface area contributed by atoms with Gasteiger partial charge in [0.15, 0.2) is 0 Å². The van der Waals surface area contributed by atoms with E-state index in [0.717, 1.165) is 24.9 Å². The van der Waals surface area contributed by atoms with Gasteiger partial charge in [0.25, 0.3) is 11.6 Å². The molecule has 0 bridgehead atoms. The molecular formula is C17H23N3O3. The Hall–Kier alpha value is -1.95. The standard InChI is InChI=1S/C17H23N3O3/c1-12-4-5-16(20(22)23)14(11-12)17(21)19-9-6-13(7-10-19)15-3-2-8-18-15/h4-5,11,13,15,18H,2-3,6-10H2,1H3. The first-order valence-electron chi connectivity index (χ1n) is 8.34. The van der Waals surface area contributed by atoms with E-state index in [9.17, 15) is 14.9 Å². The molecule has 3 rings (SSSR count). The van der Waals surface area contributed by atoms with E-state index in [1.54, 1.807) is 17.0 Å². The fraction of sp³-hybridized carbons (Fsp3) is 0.588. The van der Waals surface area contributed by atoms with Gasteiger partial charge >= 0.3 is 0 Å². The van der Waals surface area contributed by atoms with Crippen molar-refractivity contribution in [1.29, 1.82) is 0 Å². The Morgan fingerprint density at radius 3 is 2.65 bits per heavy atom. The van der Waals surface area contributed by atoms with Crippen LogP contribution in [-0.2, 0) is 0 Å². The summed E-state index contributed by atoms with van der Waals surface area (Å²) in [5.41, 5.74) is 0.983. The predicted octanol–water partition coefficient (Wildman–Crippen LogP) is 2.51. The molecule has 2 saturated heterocycles. The number of hydrogen-bond donors (Lipinski definition) is 1. The molecule has 0 radical (unpaired) electrons. The lowest BCUT2D eigenvalue weighted by atomic mass is 9.88. The number of benzene rings is 1. The molecule has 1 amide bonds. The molecule has 6 nitrogen and oxygen atoms in total. The quantitative estimate of drug-likeness (QED) is 0.686. The molecule has 2 heterocycles. The van der Waals surface area contributed by atoms with E-state index in [1.807, 2.05) is 6.92 Å². The van der Waals surface area contributed by atoms with Gasteiger partial charge in [-0.3, -0.25) is 14.9 Å². The lowest BCUT2D eigenvalue weighted by molar-refractivity contribution is -0.385. The molecule has 0 spiro atoms. The molecule has 2 aliphatic rings. The maximum absolute atomic E-state index is 12.7. The average Bonchev–Trinajstić information content (AvgIpc) is 3.08. The minimum atomic E-state index is -0.470. The van der Waals surface area contributed by atoms with Crippen molar-refractivity contribution in [3.8, 4) is 0 Å². The molecule has 1 unspecified atom stereocenters. The van der Waals surface area contributed by atoms with Gasteiger partial charge in [-0.1, -0.05) is 6.07 Å². The summed E-state index contributed by atoms with van der Waals surface area (Å²) >= 11 is 0. The summed E-state index contributed by atoms with van der Waals surface area (Å²) in [7, 11) is 0. The second kappa shape index (κ2) is 6.66. The Balaban J connectivity index is 1.70. The number of nitrogens with one attached hydrogen (secondary N) is 1. The van der Waals surface area contributed by atoms with Crippen molar-refractivity contribution in [3.63, 3.8) is 0 Å². The van der Waals surface area contributed by atoms with E-state index < -0.39 is 4.92 Å². The minimum Gasteiger partial charge on any atom is -0.338 e. The highest BCUT2D eigenvalue weighted by atomic mass is 16.6. The van der Waals surface area contributed by atoms with Crippen molar-refractivity contribution in [2.45, 2.75) is 38.6 Å². The third kappa shape index (κ3) is 3.37. The van der Waals surface area contributed by atoms with Gasteiger partial charge in [0.05, 0.1) is 4.92 Å². The molecule has 1 atom stereocenters.